The number of anilines is 2. The molecular weight excluding hydrogens is 667 g/mol. The zero-order valence-electron chi connectivity index (χ0n) is 28.4. The van der Waals surface area contributed by atoms with E-state index in [2.05, 4.69) is 104 Å². The normalized spacial score (nSPS) is 11.3. The number of nitrogens with one attached hydrogen (secondary N) is 4. The molecule has 5 aromatic rings. The van der Waals surface area contributed by atoms with Gasteiger partial charge in [0, 0.05) is 23.7 Å². The second-order valence-electron chi connectivity index (χ2n) is 12.1. The number of thiazole rings is 2. The molecule has 260 valence electrons. The molecule has 0 aliphatic rings. The molecule has 2 aromatic heterocycles. The topological polar surface area (TPSA) is 128 Å². The Kier molecular flexibility index (Phi) is 13.4. The van der Waals surface area contributed by atoms with E-state index in [1.54, 1.807) is 10.8 Å². The standard InChI is InChI=1S/C38H43N7O3S2/c1-45(2)25-15-23-39-34(47)31-26-50-37(41-31)44-35(48)32-27-49-36(42-32)43-33(46)22-13-6-14-24-40-38(28-16-7-3-8-17-28,29-18-9-4-10-19-29)30-20-11-5-12-21-30/h3-5,7-12,16-21,26-27,40H,6,13-15,22-25H2,1-2H3,(H,39,47)(H,41,44,48)(H,42,43,46). The Hall–Kier alpha value is -4.75. The number of unbranched alkanes of at least 4 members (excludes halogenated alkanes) is 2. The third-order valence-electron chi connectivity index (χ3n) is 8.10. The molecule has 2 heterocycles. The predicted molar refractivity (Wildman–Crippen MR) is 202 cm³/mol. The highest BCUT2D eigenvalue weighted by Crippen LogP contribution is 2.36. The predicted octanol–water partition coefficient (Wildman–Crippen LogP) is 6.61. The zero-order valence-corrected chi connectivity index (χ0v) is 30.0. The molecular formula is C38H43N7O3S2. The van der Waals surface area contributed by atoms with Gasteiger partial charge < -0.3 is 15.5 Å². The number of benzene rings is 3. The summed E-state index contributed by atoms with van der Waals surface area (Å²) in [5.74, 6) is -0.887. The summed E-state index contributed by atoms with van der Waals surface area (Å²) >= 11 is 2.35. The number of nitrogens with zero attached hydrogens (tertiary/aromatic N) is 3. The summed E-state index contributed by atoms with van der Waals surface area (Å²) in [4.78, 5) is 48.4. The van der Waals surface area contributed by atoms with Gasteiger partial charge in [0.2, 0.25) is 5.91 Å². The number of rotatable bonds is 18. The fraction of sp³-hybridized carbons (Fsp3) is 0.289. The van der Waals surface area contributed by atoms with Gasteiger partial charge in [-0.1, -0.05) is 97.4 Å². The van der Waals surface area contributed by atoms with Crippen LogP contribution in [-0.4, -0.2) is 66.3 Å². The van der Waals surface area contributed by atoms with Gasteiger partial charge in [0.05, 0.1) is 5.54 Å². The van der Waals surface area contributed by atoms with Crippen molar-refractivity contribution in [2.24, 2.45) is 0 Å². The Morgan fingerprint density at radius 2 is 1.16 bits per heavy atom. The van der Waals surface area contributed by atoms with Crippen LogP contribution in [0.2, 0.25) is 0 Å². The summed E-state index contributed by atoms with van der Waals surface area (Å²) in [6, 6.07) is 31.5. The smallest absolute Gasteiger partial charge is 0.276 e. The first-order valence-electron chi connectivity index (χ1n) is 16.7. The molecule has 12 heteroatoms. The maximum Gasteiger partial charge on any atom is 0.276 e. The summed E-state index contributed by atoms with van der Waals surface area (Å²) in [5.41, 5.74) is 3.40. The average Bonchev–Trinajstić information content (AvgIpc) is 3.81. The van der Waals surface area contributed by atoms with Gasteiger partial charge in [0.15, 0.2) is 10.3 Å². The average molecular weight is 710 g/mol. The van der Waals surface area contributed by atoms with Crippen molar-refractivity contribution < 1.29 is 14.4 Å². The molecule has 0 unspecified atom stereocenters. The monoisotopic (exact) mass is 709 g/mol. The summed E-state index contributed by atoms with van der Waals surface area (Å²) in [5, 5.41) is 16.1. The van der Waals surface area contributed by atoms with Crippen molar-refractivity contribution in [2.45, 2.75) is 37.6 Å². The van der Waals surface area contributed by atoms with E-state index in [0.717, 1.165) is 50.1 Å². The molecule has 0 saturated heterocycles. The van der Waals surface area contributed by atoms with Crippen molar-refractivity contribution in [3.8, 4) is 0 Å². The van der Waals surface area contributed by atoms with E-state index in [1.165, 1.54) is 28.0 Å². The second-order valence-corrected chi connectivity index (χ2v) is 13.8. The first kappa shape index (κ1) is 36.5. The number of carbonyl (C=O) groups is 3. The van der Waals surface area contributed by atoms with Gasteiger partial charge in [0.25, 0.3) is 11.8 Å². The lowest BCUT2D eigenvalue weighted by atomic mass is 9.77. The van der Waals surface area contributed by atoms with E-state index in [-0.39, 0.29) is 23.2 Å². The van der Waals surface area contributed by atoms with E-state index >= 15 is 0 Å². The fourth-order valence-electron chi connectivity index (χ4n) is 5.64. The third-order valence-corrected chi connectivity index (χ3v) is 9.61. The molecule has 0 spiro atoms. The number of amides is 3. The van der Waals surface area contributed by atoms with Crippen LogP contribution in [-0.2, 0) is 10.3 Å². The Labute approximate surface area is 301 Å². The molecule has 10 nitrogen and oxygen atoms in total. The highest BCUT2D eigenvalue weighted by Gasteiger charge is 2.35. The number of carbonyl (C=O) groups excluding carboxylic acids is 3. The fourth-order valence-corrected chi connectivity index (χ4v) is 7.03. The van der Waals surface area contributed by atoms with Crippen molar-refractivity contribution in [1.29, 1.82) is 0 Å². The van der Waals surface area contributed by atoms with Gasteiger partial charge in [-0.25, -0.2) is 9.97 Å². The Balaban J connectivity index is 1.08. The van der Waals surface area contributed by atoms with Gasteiger partial charge in [-0.15, -0.1) is 22.7 Å². The lowest BCUT2D eigenvalue weighted by Crippen LogP contribution is -2.45. The number of hydrogen-bond acceptors (Lipinski definition) is 9. The molecule has 3 aromatic carbocycles. The van der Waals surface area contributed by atoms with Crippen LogP contribution in [0.4, 0.5) is 10.3 Å². The highest BCUT2D eigenvalue weighted by atomic mass is 32.1. The molecule has 0 radical (unpaired) electrons. The molecule has 0 fully saturated rings. The Bertz CT molecular complexity index is 1720. The molecule has 50 heavy (non-hydrogen) atoms. The van der Waals surface area contributed by atoms with Crippen molar-refractivity contribution >= 4 is 50.7 Å². The van der Waals surface area contributed by atoms with Gasteiger partial charge in [-0.2, -0.15) is 0 Å². The maximum absolute atomic E-state index is 12.8. The minimum Gasteiger partial charge on any atom is -0.351 e. The van der Waals surface area contributed by atoms with Gasteiger partial charge >= 0.3 is 0 Å². The number of aromatic nitrogens is 2. The van der Waals surface area contributed by atoms with Crippen LogP contribution in [0.5, 0.6) is 0 Å². The Morgan fingerprint density at radius 3 is 1.70 bits per heavy atom. The zero-order chi connectivity index (χ0) is 35.2. The molecule has 0 bridgehead atoms. The molecule has 4 N–H and O–H groups in total. The molecule has 0 atom stereocenters. The summed E-state index contributed by atoms with van der Waals surface area (Å²) in [6.07, 6.45) is 3.65. The number of hydrogen-bond donors (Lipinski definition) is 4. The minimum atomic E-state index is -0.516. The lowest BCUT2D eigenvalue weighted by Gasteiger charge is -2.37. The van der Waals surface area contributed by atoms with Gasteiger partial charge in [0.1, 0.15) is 11.4 Å². The first-order chi connectivity index (χ1) is 24.3. The highest BCUT2D eigenvalue weighted by molar-refractivity contribution is 7.14. The molecule has 5 rings (SSSR count). The molecule has 0 saturated carbocycles. The second kappa shape index (κ2) is 18.3. The van der Waals surface area contributed by atoms with E-state index in [9.17, 15) is 14.4 Å². The van der Waals surface area contributed by atoms with Crippen LogP contribution in [0.1, 0.15) is 69.8 Å². The van der Waals surface area contributed by atoms with Crippen LogP contribution in [0, 0.1) is 0 Å². The summed E-state index contributed by atoms with van der Waals surface area (Å²) < 4.78 is 0. The molecule has 0 aliphatic heterocycles. The SMILES string of the molecule is CN(C)CCCNC(=O)c1csc(NC(=O)c2csc(NC(=O)CCCCCNC(c3ccccc3)(c3ccccc3)c3ccccc3)n2)n1. The first-order valence-corrected chi connectivity index (χ1v) is 18.5. The summed E-state index contributed by atoms with van der Waals surface area (Å²) in [7, 11) is 3.96. The Morgan fingerprint density at radius 1 is 0.640 bits per heavy atom. The van der Waals surface area contributed by atoms with Crippen LogP contribution in [0.25, 0.3) is 0 Å². The van der Waals surface area contributed by atoms with Crippen molar-refractivity contribution in [3.05, 3.63) is 130 Å². The van der Waals surface area contributed by atoms with Crippen LogP contribution in [0.15, 0.2) is 102 Å². The molecule has 0 aliphatic carbocycles. The minimum absolute atomic E-state index is 0.146. The van der Waals surface area contributed by atoms with Gasteiger partial charge in [-0.3, -0.25) is 25.0 Å². The molecule has 3 amide bonds. The largest absolute Gasteiger partial charge is 0.351 e. The van der Waals surface area contributed by atoms with Crippen molar-refractivity contribution in [2.75, 3.05) is 44.4 Å². The van der Waals surface area contributed by atoms with Crippen LogP contribution >= 0.6 is 22.7 Å². The van der Waals surface area contributed by atoms with Crippen molar-refractivity contribution in [1.82, 2.24) is 25.5 Å². The van der Waals surface area contributed by atoms with Gasteiger partial charge in [-0.05, 0) is 63.1 Å². The van der Waals surface area contributed by atoms with E-state index < -0.39 is 11.4 Å². The van der Waals surface area contributed by atoms with E-state index in [1.807, 2.05) is 37.2 Å². The van der Waals surface area contributed by atoms with E-state index in [0.29, 0.717) is 23.2 Å². The van der Waals surface area contributed by atoms with Crippen LogP contribution in [0.3, 0.4) is 0 Å². The van der Waals surface area contributed by atoms with Crippen LogP contribution < -0.4 is 21.3 Å². The maximum atomic E-state index is 12.8. The summed E-state index contributed by atoms with van der Waals surface area (Å²) in [6.45, 7) is 2.17. The van der Waals surface area contributed by atoms with E-state index in [4.69, 9.17) is 0 Å². The van der Waals surface area contributed by atoms with Crippen molar-refractivity contribution in [3.63, 3.8) is 0 Å². The third kappa shape index (κ3) is 9.91. The quantitative estimate of drug-likeness (QED) is 0.0595. The lowest BCUT2D eigenvalue weighted by molar-refractivity contribution is -0.116.